The van der Waals surface area contributed by atoms with Crippen LogP contribution >= 0.6 is 22.6 Å². The van der Waals surface area contributed by atoms with E-state index in [2.05, 4.69) is 0 Å². The summed E-state index contributed by atoms with van der Waals surface area (Å²) in [5.74, 6) is 0.320. The van der Waals surface area contributed by atoms with E-state index in [0.29, 0.717) is 19.0 Å². The van der Waals surface area contributed by atoms with Crippen LogP contribution in [-0.2, 0) is 4.74 Å². The number of nitrogens with zero attached hydrogens (tertiary/aromatic N) is 1. The number of nitro groups is 1. The second kappa shape index (κ2) is 4.96. The fraction of sp³-hybridized carbons (Fsp3) is 0.400. The Bertz CT molecular complexity index is 404. The van der Waals surface area contributed by atoms with Crippen LogP contribution in [0.15, 0.2) is 18.2 Å². The minimum atomic E-state index is -0.423. The molecule has 1 saturated heterocycles. The van der Waals surface area contributed by atoms with Crippen molar-refractivity contribution in [2.45, 2.75) is 12.5 Å². The molecular formula is C10H10INO4. The summed E-state index contributed by atoms with van der Waals surface area (Å²) < 4.78 is 11.5. The van der Waals surface area contributed by atoms with Crippen LogP contribution in [0.5, 0.6) is 5.75 Å². The van der Waals surface area contributed by atoms with Crippen molar-refractivity contribution in [3.63, 3.8) is 0 Å². The zero-order chi connectivity index (χ0) is 11.5. The van der Waals surface area contributed by atoms with Crippen molar-refractivity contribution in [1.82, 2.24) is 0 Å². The standard InChI is InChI=1S/C10H10INO4/c11-7-1-2-10(9(5-7)12(13)14)16-8-3-4-15-6-8/h1-2,5,8H,3-4,6H2/t8-/m1/s1. The van der Waals surface area contributed by atoms with Gasteiger partial charge in [0.05, 0.1) is 18.1 Å². The van der Waals surface area contributed by atoms with E-state index in [4.69, 9.17) is 9.47 Å². The predicted molar refractivity (Wildman–Crippen MR) is 65.7 cm³/mol. The summed E-state index contributed by atoms with van der Waals surface area (Å²) in [7, 11) is 0. The van der Waals surface area contributed by atoms with Gasteiger partial charge >= 0.3 is 5.69 Å². The highest BCUT2D eigenvalue weighted by Crippen LogP contribution is 2.30. The molecule has 0 bridgehead atoms. The zero-order valence-corrected chi connectivity index (χ0v) is 10.5. The summed E-state index contributed by atoms with van der Waals surface area (Å²) >= 11 is 2.04. The first kappa shape index (κ1) is 11.6. The van der Waals surface area contributed by atoms with E-state index in [9.17, 15) is 10.1 Å². The van der Waals surface area contributed by atoms with Gasteiger partial charge in [0, 0.05) is 16.1 Å². The van der Waals surface area contributed by atoms with E-state index in [0.717, 1.165) is 9.99 Å². The van der Waals surface area contributed by atoms with E-state index < -0.39 is 4.92 Å². The van der Waals surface area contributed by atoms with Crippen LogP contribution in [0.3, 0.4) is 0 Å². The third-order valence-electron chi connectivity index (χ3n) is 2.30. The van der Waals surface area contributed by atoms with Crippen molar-refractivity contribution >= 4 is 28.3 Å². The first-order valence-electron chi connectivity index (χ1n) is 4.85. The van der Waals surface area contributed by atoms with Crippen molar-refractivity contribution in [3.8, 4) is 5.75 Å². The molecule has 1 fully saturated rings. The quantitative estimate of drug-likeness (QED) is 0.483. The number of ether oxygens (including phenoxy) is 2. The summed E-state index contributed by atoms with van der Waals surface area (Å²) in [6, 6.07) is 4.93. The highest BCUT2D eigenvalue weighted by molar-refractivity contribution is 14.1. The maximum Gasteiger partial charge on any atom is 0.311 e. The molecule has 0 saturated carbocycles. The third-order valence-corrected chi connectivity index (χ3v) is 2.97. The molecule has 0 spiro atoms. The van der Waals surface area contributed by atoms with Gasteiger partial charge in [0.15, 0.2) is 5.75 Å². The highest BCUT2D eigenvalue weighted by atomic mass is 127. The second-order valence-electron chi connectivity index (χ2n) is 3.47. The van der Waals surface area contributed by atoms with Gasteiger partial charge in [-0.2, -0.15) is 0 Å². The molecule has 0 aromatic heterocycles. The summed E-state index contributed by atoms with van der Waals surface area (Å²) in [4.78, 5) is 10.4. The predicted octanol–water partition coefficient (Wildman–Crippen LogP) is 2.37. The summed E-state index contributed by atoms with van der Waals surface area (Å²) in [6.45, 7) is 1.16. The monoisotopic (exact) mass is 335 g/mol. The topological polar surface area (TPSA) is 61.6 Å². The van der Waals surface area contributed by atoms with Crippen LogP contribution in [0.25, 0.3) is 0 Å². The molecule has 0 unspecified atom stereocenters. The fourth-order valence-electron chi connectivity index (χ4n) is 1.52. The minimum absolute atomic E-state index is 0.0128. The SMILES string of the molecule is O=[N+]([O-])c1cc(I)ccc1O[C@@H]1CCOC1. The number of hydrogen-bond acceptors (Lipinski definition) is 4. The van der Waals surface area contributed by atoms with E-state index >= 15 is 0 Å². The van der Waals surface area contributed by atoms with E-state index in [1.807, 2.05) is 22.6 Å². The number of halogens is 1. The smallest absolute Gasteiger partial charge is 0.311 e. The van der Waals surface area contributed by atoms with E-state index in [-0.39, 0.29) is 11.8 Å². The lowest BCUT2D eigenvalue weighted by molar-refractivity contribution is -0.386. The Morgan fingerprint density at radius 1 is 1.56 bits per heavy atom. The lowest BCUT2D eigenvalue weighted by atomic mass is 10.2. The molecule has 6 heteroatoms. The maximum atomic E-state index is 10.8. The van der Waals surface area contributed by atoms with Gasteiger partial charge in [-0.1, -0.05) is 0 Å². The average molecular weight is 335 g/mol. The molecule has 0 amide bonds. The molecule has 86 valence electrons. The number of hydrogen-bond donors (Lipinski definition) is 0. The summed E-state index contributed by atoms with van der Waals surface area (Å²) in [6.07, 6.45) is 0.710. The number of rotatable bonds is 3. The lowest BCUT2D eigenvalue weighted by Crippen LogP contribution is -2.16. The average Bonchev–Trinajstić information content (AvgIpc) is 2.73. The molecule has 1 aliphatic rings. The molecule has 5 nitrogen and oxygen atoms in total. The molecule has 1 atom stereocenters. The normalized spacial score (nSPS) is 19.7. The molecular weight excluding hydrogens is 325 g/mol. The van der Waals surface area contributed by atoms with Gasteiger partial charge in [-0.3, -0.25) is 10.1 Å². The molecule has 1 heterocycles. The van der Waals surface area contributed by atoms with Crippen molar-refractivity contribution < 1.29 is 14.4 Å². The minimum Gasteiger partial charge on any atom is -0.481 e. The van der Waals surface area contributed by atoms with Gasteiger partial charge in [-0.05, 0) is 34.7 Å². The van der Waals surface area contributed by atoms with E-state index in [1.165, 1.54) is 6.07 Å². The third kappa shape index (κ3) is 2.62. The molecule has 2 rings (SSSR count). The Balaban J connectivity index is 2.21. The molecule has 16 heavy (non-hydrogen) atoms. The maximum absolute atomic E-state index is 10.8. The van der Waals surface area contributed by atoms with Gasteiger partial charge in [-0.15, -0.1) is 0 Å². The van der Waals surface area contributed by atoms with Gasteiger partial charge in [0.2, 0.25) is 0 Å². The number of nitro benzene ring substituents is 1. The van der Waals surface area contributed by atoms with Crippen LogP contribution in [0, 0.1) is 13.7 Å². The molecule has 1 aliphatic heterocycles. The fourth-order valence-corrected chi connectivity index (χ4v) is 1.99. The zero-order valence-electron chi connectivity index (χ0n) is 8.39. The molecule has 1 aromatic carbocycles. The van der Waals surface area contributed by atoms with Crippen LogP contribution < -0.4 is 4.74 Å². The van der Waals surface area contributed by atoms with Crippen molar-refractivity contribution in [2.75, 3.05) is 13.2 Å². The van der Waals surface area contributed by atoms with Gasteiger partial charge in [0.25, 0.3) is 0 Å². The van der Waals surface area contributed by atoms with E-state index in [1.54, 1.807) is 12.1 Å². The second-order valence-corrected chi connectivity index (χ2v) is 4.72. The molecule has 0 aliphatic carbocycles. The Morgan fingerprint density at radius 3 is 3.00 bits per heavy atom. The van der Waals surface area contributed by atoms with Crippen LogP contribution in [0.1, 0.15) is 6.42 Å². The molecule has 0 N–H and O–H groups in total. The largest absolute Gasteiger partial charge is 0.481 e. The first-order chi connectivity index (χ1) is 7.66. The van der Waals surface area contributed by atoms with Crippen molar-refractivity contribution in [3.05, 3.63) is 31.9 Å². The Labute approximate surface area is 106 Å². The van der Waals surface area contributed by atoms with Gasteiger partial charge < -0.3 is 9.47 Å². The highest BCUT2D eigenvalue weighted by Gasteiger charge is 2.22. The van der Waals surface area contributed by atoms with Crippen molar-refractivity contribution in [1.29, 1.82) is 0 Å². The summed E-state index contributed by atoms with van der Waals surface area (Å²) in [5, 5.41) is 10.8. The van der Waals surface area contributed by atoms with Crippen LogP contribution in [0.2, 0.25) is 0 Å². The lowest BCUT2D eigenvalue weighted by Gasteiger charge is -2.11. The van der Waals surface area contributed by atoms with Crippen molar-refractivity contribution in [2.24, 2.45) is 0 Å². The molecule has 1 aromatic rings. The Kier molecular flexibility index (Phi) is 3.59. The van der Waals surface area contributed by atoms with Gasteiger partial charge in [-0.25, -0.2) is 0 Å². The molecule has 0 radical (unpaired) electrons. The first-order valence-corrected chi connectivity index (χ1v) is 5.93. The van der Waals surface area contributed by atoms with Gasteiger partial charge in [0.1, 0.15) is 6.10 Å². The van der Waals surface area contributed by atoms with Crippen LogP contribution in [-0.4, -0.2) is 24.2 Å². The number of benzene rings is 1. The Hall–Kier alpha value is -0.890. The Morgan fingerprint density at radius 2 is 2.38 bits per heavy atom. The van der Waals surface area contributed by atoms with Crippen LogP contribution in [0.4, 0.5) is 5.69 Å². The summed E-state index contributed by atoms with van der Waals surface area (Å²) in [5.41, 5.74) is 0.0128.